The van der Waals surface area contributed by atoms with E-state index in [1.165, 1.54) is 24.3 Å². The van der Waals surface area contributed by atoms with Gasteiger partial charge in [-0.25, -0.2) is 0 Å². The van der Waals surface area contributed by atoms with E-state index >= 15 is 0 Å². The lowest BCUT2D eigenvalue weighted by atomic mass is 10.0. The van der Waals surface area contributed by atoms with Gasteiger partial charge in [-0.15, -0.1) is 0 Å². The van der Waals surface area contributed by atoms with Gasteiger partial charge < -0.3 is 4.90 Å². The SMILES string of the molecule is CN1C=CC=C2CCCN=C21. The van der Waals surface area contributed by atoms with Crippen molar-refractivity contribution in [1.82, 2.24) is 4.90 Å². The molecule has 0 aliphatic carbocycles. The second kappa shape index (κ2) is 2.53. The fourth-order valence-electron chi connectivity index (χ4n) is 1.52. The lowest BCUT2D eigenvalue weighted by Crippen LogP contribution is -2.27. The Bertz CT molecular complexity index is 248. The van der Waals surface area contributed by atoms with Crippen LogP contribution in [-0.2, 0) is 0 Å². The molecule has 0 spiro atoms. The largest absolute Gasteiger partial charge is 0.336 e. The van der Waals surface area contributed by atoms with Gasteiger partial charge in [-0.2, -0.15) is 0 Å². The van der Waals surface area contributed by atoms with Crippen LogP contribution in [0.15, 0.2) is 28.9 Å². The summed E-state index contributed by atoms with van der Waals surface area (Å²) in [6, 6.07) is 0. The molecule has 0 radical (unpaired) electrons. The summed E-state index contributed by atoms with van der Waals surface area (Å²) in [6.07, 6.45) is 8.69. The van der Waals surface area contributed by atoms with Gasteiger partial charge in [-0.05, 0) is 24.5 Å². The molecule has 2 heteroatoms. The molecule has 11 heavy (non-hydrogen) atoms. The van der Waals surface area contributed by atoms with Crippen LogP contribution in [0, 0.1) is 0 Å². The predicted octanol–water partition coefficient (Wildman–Crippen LogP) is 1.56. The van der Waals surface area contributed by atoms with E-state index in [-0.39, 0.29) is 0 Å². The van der Waals surface area contributed by atoms with Crippen LogP contribution in [0.3, 0.4) is 0 Å². The summed E-state index contributed by atoms with van der Waals surface area (Å²) in [6.45, 7) is 0.991. The average molecular weight is 148 g/mol. The Hall–Kier alpha value is -1.05. The Morgan fingerprint density at radius 2 is 2.45 bits per heavy atom. The van der Waals surface area contributed by atoms with E-state index in [4.69, 9.17) is 0 Å². The number of allylic oxidation sites excluding steroid dienone is 2. The quantitative estimate of drug-likeness (QED) is 0.509. The van der Waals surface area contributed by atoms with Crippen molar-refractivity contribution < 1.29 is 0 Å². The molecule has 2 rings (SSSR count). The number of amidine groups is 1. The summed E-state index contributed by atoms with van der Waals surface area (Å²) < 4.78 is 0. The molecular weight excluding hydrogens is 136 g/mol. The summed E-state index contributed by atoms with van der Waals surface area (Å²) in [4.78, 5) is 6.55. The second-order valence-corrected chi connectivity index (χ2v) is 2.95. The summed E-state index contributed by atoms with van der Waals surface area (Å²) in [5.74, 6) is 1.17. The Morgan fingerprint density at radius 3 is 3.27 bits per heavy atom. The molecule has 0 saturated carbocycles. The van der Waals surface area contributed by atoms with E-state index in [0.29, 0.717) is 0 Å². The number of likely N-dealkylation sites (N-methyl/N-ethyl adjacent to an activating group) is 1. The Labute approximate surface area is 66.9 Å². The highest BCUT2D eigenvalue weighted by Crippen LogP contribution is 2.18. The molecule has 0 fully saturated rings. The monoisotopic (exact) mass is 148 g/mol. The molecule has 0 N–H and O–H groups in total. The van der Waals surface area contributed by atoms with Crippen molar-refractivity contribution in [3.05, 3.63) is 23.9 Å². The van der Waals surface area contributed by atoms with Crippen molar-refractivity contribution in [1.29, 1.82) is 0 Å². The van der Waals surface area contributed by atoms with Crippen molar-refractivity contribution in [2.75, 3.05) is 13.6 Å². The van der Waals surface area contributed by atoms with Gasteiger partial charge in [0.15, 0.2) is 0 Å². The number of nitrogens with zero attached hydrogens (tertiary/aromatic N) is 2. The highest BCUT2D eigenvalue weighted by molar-refractivity contribution is 6.00. The third-order valence-electron chi connectivity index (χ3n) is 2.09. The van der Waals surface area contributed by atoms with Crippen LogP contribution in [-0.4, -0.2) is 24.3 Å². The molecule has 0 aromatic heterocycles. The van der Waals surface area contributed by atoms with E-state index in [0.717, 1.165) is 6.54 Å². The van der Waals surface area contributed by atoms with Crippen LogP contribution >= 0.6 is 0 Å². The maximum absolute atomic E-state index is 4.46. The molecule has 0 atom stereocenters. The highest BCUT2D eigenvalue weighted by atomic mass is 15.2. The number of hydrogen-bond donors (Lipinski definition) is 0. The first-order valence-electron chi connectivity index (χ1n) is 4.03. The van der Waals surface area contributed by atoms with Gasteiger partial charge in [-0.3, -0.25) is 4.99 Å². The van der Waals surface area contributed by atoms with E-state index < -0.39 is 0 Å². The molecule has 58 valence electrons. The molecule has 2 nitrogen and oxygen atoms in total. The van der Waals surface area contributed by atoms with Gasteiger partial charge in [0.25, 0.3) is 0 Å². The Balaban J connectivity index is 2.35. The van der Waals surface area contributed by atoms with E-state index in [1.54, 1.807) is 0 Å². The maximum atomic E-state index is 4.46. The van der Waals surface area contributed by atoms with Gasteiger partial charge in [0.1, 0.15) is 5.84 Å². The minimum absolute atomic E-state index is 0.991. The lowest BCUT2D eigenvalue weighted by Gasteiger charge is -2.25. The van der Waals surface area contributed by atoms with Gasteiger partial charge in [0.05, 0.1) is 0 Å². The van der Waals surface area contributed by atoms with Gasteiger partial charge in [0.2, 0.25) is 0 Å². The Kier molecular flexibility index (Phi) is 1.53. The molecule has 2 aliphatic heterocycles. The van der Waals surface area contributed by atoms with Crippen LogP contribution in [0.25, 0.3) is 0 Å². The third-order valence-corrected chi connectivity index (χ3v) is 2.09. The van der Waals surface area contributed by atoms with Gasteiger partial charge in [0, 0.05) is 19.8 Å². The van der Waals surface area contributed by atoms with E-state index in [2.05, 4.69) is 22.0 Å². The van der Waals surface area contributed by atoms with E-state index in [9.17, 15) is 0 Å². The van der Waals surface area contributed by atoms with Crippen LogP contribution in [0.5, 0.6) is 0 Å². The molecule has 0 aromatic rings. The fraction of sp³-hybridized carbons (Fsp3) is 0.444. The maximum Gasteiger partial charge on any atom is 0.130 e. The summed E-state index contributed by atoms with van der Waals surface area (Å²) in [7, 11) is 2.05. The lowest BCUT2D eigenvalue weighted by molar-refractivity contribution is 0.647. The highest BCUT2D eigenvalue weighted by Gasteiger charge is 2.15. The normalized spacial score (nSPS) is 22.5. The summed E-state index contributed by atoms with van der Waals surface area (Å²) in [5, 5.41) is 0. The molecule has 0 saturated heterocycles. The topological polar surface area (TPSA) is 15.6 Å². The zero-order chi connectivity index (χ0) is 7.68. The molecular formula is C9H12N2. The number of aliphatic imine (C=N–C) groups is 1. The zero-order valence-electron chi connectivity index (χ0n) is 6.75. The van der Waals surface area contributed by atoms with Crippen molar-refractivity contribution in [2.45, 2.75) is 12.8 Å². The molecule has 0 aromatic carbocycles. The standard InChI is InChI=1S/C9H12N2/c1-11-7-3-5-8-4-2-6-10-9(8)11/h3,5,7H,2,4,6H2,1H3. The van der Waals surface area contributed by atoms with E-state index in [1.807, 2.05) is 13.2 Å². The first-order valence-corrected chi connectivity index (χ1v) is 4.03. The number of hydrogen-bond acceptors (Lipinski definition) is 2. The van der Waals surface area contributed by atoms with Crippen LogP contribution in [0.1, 0.15) is 12.8 Å². The van der Waals surface area contributed by atoms with Crippen LogP contribution in [0.2, 0.25) is 0 Å². The van der Waals surface area contributed by atoms with Crippen molar-refractivity contribution in [3.63, 3.8) is 0 Å². The van der Waals surface area contributed by atoms with Crippen molar-refractivity contribution in [2.24, 2.45) is 4.99 Å². The predicted molar refractivity (Wildman–Crippen MR) is 46.5 cm³/mol. The zero-order valence-corrected chi connectivity index (χ0v) is 6.75. The first kappa shape index (κ1) is 6.65. The molecule has 2 aliphatic rings. The average Bonchev–Trinajstić information content (AvgIpc) is 2.06. The van der Waals surface area contributed by atoms with Crippen molar-refractivity contribution in [3.8, 4) is 0 Å². The van der Waals surface area contributed by atoms with Gasteiger partial charge in [-0.1, -0.05) is 6.08 Å². The summed E-state index contributed by atoms with van der Waals surface area (Å²) in [5.41, 5.74) is 1.39. The third kappa shape index (κ3) is 1.09. The van der Waals surface area contributed by atoms with Crippen LogP contribution in [0.4, 0.5) is 0 Å². The molecule has 0 amide bonds. The first-order chi connectivity index (χ1) is 5.38. The second-order valence-electron chi connectivity index (χ2n) is 2.95. The minimum atomic E-state index is 0.991. The van der Waals surface area contributed by atoms with Crippen molar-refractivity contribution >= 4 is 5.84 Å². The van der Waals surface area contributed by atoms with Crippen LogP contribution < -0.4 is 0 Å². The molecule has 0 bridgehead atoms. The number of rotatable bonds is 0. The smallest absolute Gasteiger partial charge is 0.130 e. The molecule has 0 unspecified atom stereocenters. The molecule has 2 heterocycles. The minimum Gasteiger partial charge on any atom is -0.336 e. The number of fused-ring (bicyclic) bond motifs is 1. The van der Waals surface area contributed by atoms with Gasteiger partial charge >= 0.3 is 0 Å². The summed E-state index contributed by atoms with van der Waals surface area (Å²) >= 11 is 0. The fourth-order valence-corrected chi connectivity index (χ4v) is 1.52. The Morgan fingerprint density at radius 1 is 1.55 bits per heavy atom.